The van der Waals surface area contributed by atoms with Crippen molar-refractivity contribution < 1.29 is 14.3 Å². The molecule has 1 aromatic carbocycles. The van der Waals surface area contributed by atoms with E-state index in [1.54, 1.807) is 0 Å². The van der Waals surface area contributed by atoms with E-state index in [1.807, 2.05) is 24.3 Å². The molecule has 0 N–H and O–H groups in total. The largest absolute Gasteiger partial charge is 0.494 e. The number of unbranched alkanes of at least 4 members (excludes halogenated alkanes) is 2. The number of amides is 2. The van der Waals surface area contributed by atoms with Crippen LogP contribution in [0.4, 0.5) is 0 Å². The lowest BCUT2D eigenvalue weighted by molar-refractivity contribution is -0.137. The second-order valence-corrected chi connectivity index (χ2v) is 5.17. The van der Waals surface area contributed by atoms with E-state index in [2.05, 4.69) is 6.92 Å². The molecule has 4 nitrogen and oxygen atoms in total. The third-order valence-electron chi connectivity index (χ3n) is 3.68. The number of benzene rings is 1. The number of ether oxygens (including phenoxy) is 1. The van der Waals surface area contributed by atoms with E-state index in [9.17, 15) is 9.59 Å². The number of likely N-dealkylation sites (tertiary alicyclic amines) is 1. The summed E-state index contributed by atoms with van der Waals surface area (Å²) >= 11 is 0. The fraction of sp³-hybridized carbons (Fsp3) is 0.500. The van der Waals surface area contributed by atoms with Gasteiger partial charge in [-0.2, -0.15) is 0 Å². The minimum Gasteiger partial charge on any atom is -0.494 e. The molecule has 0 aliphatic carbocycles. The second kappa shape index (κ2) is 6.55. The highest BCUT2D eigenvalue weighted by atomic mass is 16.5. The second-order valence-electron chi connectivity index (χ2n) is 5.17. The average molecular weight is 275 g/mol. The van der Waals surface area contributed by atoms with Gasteiger partial charge in [-0.05, 0) is 24.1 Å². The molecule has 0 radical (unpaired) electrons. The monoisotopic (exact) mass is 275 g/mol. The van der Waals surface area contributed by atoms with Crippen molar-refractivity contribution in [3.63, 3.8) is 0 Å². The first kappa shape index (κ1) is 14.6. The molecule has 0 saturated carbocycles. The normalized spacial score (nSPS) is 18.7. The highest BCUT2D eigenvalue weighted by molar-refractivity contribution is 6.05. The molecule has 108 valence electrons. The average Bonchev–Trinajstić information content (AvgIpc) is 2.72. The zero-order chi connectivity index (χ0) is 14.5. The molecule has 1 aromatic rings. The van der Waals surface area contributed by atoms with Crippen LogP contribution in [0.2, 0.25) is 0 Å². The van der Waals surface area contributed by atoms with Gasteiger partial charge in [0.1, 0.15) is 5.75 Å². The minimum absolute atomic E-state index is 0.111. The lowest BCUT2D eigenvalue weighted by atomic mass is 9.97. The highest BCUT2D eigenvalue weighted by Gasteiger charge is 2.36. The summed E-state index contributed by atoms with van der Waals surface area (Å²) < 4.78 is 5.63. The van der Waals surface area contributed by atoms with Crippen molar-refractivity contribution in [2.75, 3.05) is 13.7 Å². The van der Waals surface area contributed by atoms with Crippen LogP contribution in [-0.2, 0) is 9.59 Å². The number of imide groups is 1. The van der Waals surface area contributed by atoms with Crippen LogP contribution in [0, 0.1) is 0 Å². The maximum absolute atomic E-state index is 11.9. The molecule has 0 bridgehead atoms. The van der Waals surface area contributed by atoms with Crippen molar-refractivity contribution in [2.24, 2.45) is 0 Å². The van der Waals surface area contributed by atoms with E-state index >= 15 is 0 Å². The smallest absolute Gasteiger partial charge is 0.236 e. The van der Waals surface area contributed by atoms with Gasteiger partial charge in [0, 0.05) is 13.5 Å². The molecule has 1 fully saturated rings. The Bertz CT molecular complexity index is 481. The summed E-state index contributed by atoms with van der Waals surface area (Å²) in [5.41, 5.74) is 0.883. The van der Waals surface area contributed by atoms with E-state index in [0.29, 0.717) is 0 Å². The van der Waals surface area contributed by atoms with Crippen LogP contribution in [0.15, 0.2) is 24.3 Å². The summed E-state index contributed by atoms with van der Waals surface area (Å²) in [6.07, 6.45) is 3.67. The van der Waals surface area contributed by atoms with Crippen LogP contribution in [0.5, 0.6) is 5.75 Å². The minimum atomic E-state index is -0.332. The predicted molar refractivity (Wildman–Crippen MR) is 76.6 cm³/mol. The Morgan fingerprint density at radius 1 is 1.20 bits per heavy atom. The summed E-state index contributed by atoms with van der Waals surface area (Å²) in [6.45, 7) is 2.88. The molecule has 1 aliphatic heterocycles. The molecular weight excluding hydrogens is 254 g/mol. The number of hydrogen-bond acceptors (Lipinski definition) is 3. The van der Waals surface area contributed by atoms with E-state index in [0.717, 1.165) is 24.3 Å². The molecular formula is C16H21NO3. The Morgan fingerprint density at radius 3 is 2.45 bits per heavy atom. The molecule has 1 atom stereocenters. The lowest BCUT2D eigenvalue weighted by Crippen LogP contribution is -2.25. The van der Waals surface area contributed by atoms with Crippen LogP contribution in [0.25, 0.3) is 0 Å². The molecule has 2 amide bonds. The van der Waals surface area contributed by atoms with Gasteiger partial charge in [0.25, 0.3) is 0 Å². The van der Waals surface area contributed by atoms with Crippen LogP contribution in [0.3, 0.4) is 0 Å². The summed E-state index contributed by atoms with van der Waals surface area (Å²) in [4.78, 5) is 24.6. The van der Waals surface area contributed by atoms with Crippen molar-refractivity contribution in [1.29, 1.82) is 0 Å². The van der Waals surface area contributed by atoms with Gasteiger partial charge in [-0.15, -0.1) is 0 Å². The molecule has 0 unspecified atom stereocenters. The zero-order valence-corrected chi connectivity index (χ0v) is 12.1. The summed E-state index contributed by atoms with van der Waals surface area (Å²) in [7, 11) is 1.54. The number of hydrogen-bond donors (Lipinski definition) is 0. The summed E-state index contributed by atoms with van der Waals surface area (Å²) in [5, 5.41) is 0. The van der Waals surface area contributed by atoms with Crippen LogP contribution in [0.1, 0.15) is 44.1 Å². The fourth-order valence-corrected chi connectivity index (χ4v) is 2.35. The number of carbonyl (C=O) groups excluding carboxylic acids is 2. The SMILES string of the molecule is CCCCCOc1ccc([C@H]2CC(=O)N(C)C2=O)cc1. The van der Waals surface area contributed by atoms with Gasteiger partial charge in [0.15, 0.2) is 0 Å². The Labute approximate surface area is 119 Å². The Morgan fingerprint density at radius 2 is 1.90 bits per heavy atom. The van der Waals surface area contributed by atoms with Gasteiger partial charge >= 0.3 is 0 Å². The maximum atomic E-state index is 11.9. The molecule has 0 spiro atoms. The quantitative estimate of drug-likeness (QED) is 0.592. The molecule has 2 rings (SSSR count). The van der Waals surface area contributed by atoms with Crippen molar-refractivity contribution in [3.8, 4) is 5.75 Å². The topological polar surface area (TPSA) is 46.6 Å². The summed E-state index contributed by atoms with van der Waals surface area (Å²) in [5.74, 6) is 0.253. The van der Waals surface area contributed by atoms with Crippen molar-refractivity contribution in [3.05, 3.63) is 29.8 Å². The van der Waals surface area contributed by atoms with E-state index in [4.69, 9.17) is 4.74 Å². The first-order valence-corrected chi connectivity index (χ1v) is 7.16. The van der Waals surface area contributed by atoms with Crippen LogP contribution >= 0.6 is 0 Å². The van der Waals surface area contributed by atoms with Crippen LogP contribution in [-0.4, -0.2) is 30.4 Å². The van der Waals surface area contributed by atoms with Gasteiger partial charge in [-0.1, -0.05) is 31.9 Å². The molecule has 1 heterocycles. The Kier molecular flexibility index (Phi) is 4.77. The van der Waals surface area contributed by atoms with Gasteiger partial charge in [0.05, 0.1) is 12.5 Å². The number of rotatable bonds is 6. The van der Waals surface area contributed by atoms with Gasteiger partial charge in [0.2, 0.25) is 11.8 Å². The van der Waals surface area contributed by atoms with E-state index < -0.39 is 0 Å². The first-order valence-electron chi connectivity index (χ1n) is 7.16. The molecule has 4 heteroatoms. The van der Waals surface area contributed by atoms with Gasteiger partial charge in [-0.25, -0.2) is 0 Å². The third kappa shape index (κ3) is 3.18. The molecule has 1 aliphatic rings. The van der Waals surface area contributed by atoms with E-state index in [-0.39, 0.29) is 24.2 Å². The fourth-order valence-electron chi connectivity index (χ4n) is 2.35. The number of carbonyl (C=O) groups is 2. The summed E-state index contributed by atoms with van der Waals surface area (Å²) in [6, 6.07) is 7.50. The lowest BCUT2D eigenvalue weighted by Gasteiger charge is -2.10. The Balaban J connectivity index is 1.95. The number of likely N-dealkylation sites (N-methyl/N-ethyl adjacent to an activating group) is 1. The van der Waals surface area contributed by atoms with E-state index in [1.165, 1.54) is 24.8 Å². The van der Waals surface area contributed by atoms with Crippen molar-refractivity contribution >= 4 is 11.8 Å². The first-order chi connectivity index (χ1) is 9.63. The third-order valence-corrected chi connectivity index (χ3v) is 3.68. The predicted octanol–water partition coefficient (Wildman–Crippen LogP) is 2.73. The van der Waals surface area contributed by atoms with Crippen LogP contribution < -0.4 is 4.74 Å². The highest BCUT2D eigenvalue weighted by Crippen LogP contribution is 2.29. The van der Waals surface area contributed by atoms with Crippen molar-refractivity contribution in [1.82, 2.24) is 4.90 Å². The Hall–Kier alpha value is -1.84. The standard InChI is InChI=1S/C16H21NO3/c1-3-4-5-10-20-13-8-6-12(7-9-13)14-11-15(18)17(2)16(14)19/h6-9,14H,3-5,10-11H2,1-2H3/t14-/m1/s1. The maximum Gasteiger partial charge on any atom is 0.236 e. The number of nitrogens with zero attached hydrogens (tertiary/aromatic N) is 1. The molecule has 0 aromatic heterocycles. The zero-order valence-electron chi connectivity index (χ0n) is 12.1. The van der Waals surface area contributed by atoms with Crippen molar-refractivity contribution in [2.45, 2.75) is 38.5 Å². The molecule has 20 heavy (non-hydrogen) atoms. The van der Waals surface area contributed by atoms with Gasteiger partial charge < -0.3 is 4.74 Å². The van der Waals surface area contributed by atoms with Gasteiger partial charge in [-0.3, -0.25) is 14.5 Å². The molecule has 1 saturated heterocycles.